The molecule has 0 heterocycles. The van der Waals surface area contributed by atoms with Crippen molar-refractivity contribution in [2.45, 2.75) is 32.4 Å². The van der Waals surface area contributed by atoms with Crippen molar-refractivity contribution in [3.05, 3.63) is 12.2 Å². The quantitative estimate of drug-likeness (QED) is 0.537. The van der Waals surface area contributed by atoms with E-state index in [-0.39, 0.29) is 0 Å². The number of thioether (sulfide) groups is 1. The summed E-state index contributed by atoms with van der Waals surface area (Å²) in [7, 11) is 0. The topological polar surface area (TPSA) is 0 Å². The Bertz CT molecular complexity index is 87.2. The largest absolute Gasteiger partial charge is 0.152 e. The Hall–Kier alpha value is 0.0900. The summed E-state index contributed by atoms with van der Waals surface area (Å²) in [5, 5.41) is 0. The highest BCUT2D eigenvalue weighted by Gasteiger charge is 2.07. The van der Waals surface area contributed by atoms with Crippen LogP contribution in [0.5, 0.6) is 0 Å². The summed E-state index contributed by atoms with van der Waals surface area (Å²) in [6.45, 7) is 8.77. The summed E-state index contributed by atoms with van der Waals surface area (Å²) in [4.78, 5) is 0. The smallest absolute Gasteiger partial charge is 0.0118 e. The second-order valence-electron chi connectivity index (χ2n) is 2.99. The highest BCUT2D eigenvalue weighted by Crippen LogP contribution is 2.22. The molecule has 0 rings (SSSR count). The minimum atomic E-state index is 0.416. The van der Waals surface area contributed by atoms with Gasteiger partial charge in [0.15, 0.2) is 0 Å². The summed E-state index contributed by atoms with van der Waals surface area (Å²) in [6, 6.07) is 0. The van der Waals surface area contributed by atoms with E-state index in [1.54, 1.807) is 0 Å². The van der Waals surface area contributed by atoms with Crippen LogP contribution in [0.15, 0.2) is 12.2 Å². The molecule has 0 aromatic carbocycles. The predicted molar refractivity (Wildman–Crippen MR) is 47.0 cm³/mol. The Labute approximate surface area is 62.7 Å². The van der Waals surface area contributed by atoms with E-state index in [0.29, 0.717) is 4.75 Å². The van der Waals surface area contributed by atoms with Gasteiger partial charge in [-0.25, -0.2) is 0 Å². The first-order valence-corrected chi connectivity index (χ1v) is 4.30. The lowest BCUT2D eigenvalue weighted by molar-refractivity contribution is 0.804. The van der Waals surface area contributed by atoms with Crippen LogP contribution in [0, 0.1) is 0 Å². The summed E-state index contributed by atoms with van der Waals surface area (Å²) in [5.41, 5.74) is 0. The van der Waals surface area contributed by atoms with Crippen molar-refractivity contribution in [3.63, 3.8) is 0 Å². The molecule has 0 bridgehead atoms. The highest BCUT2D eigenvalue weighted by molar-refractivity contribution is 8.00. The molecule has 9 heavy (non-hydrogen) atoms. The van der Waals surface area contributed by atoms with Gasteiger partial charge in [-0.3, -0.25) is 0 Å². The maximum atomic E-state index is 2.24. The molecule has 1 heteroatoms. The van der Waals surface area contributed by atoms with Crippen molar-refractivity contribution in [1.29, 1.82) is 0 Å². The molecule has 0 aliphatic carbocycles. The van der Waals surface area contributed by atoms with Crippen LogP contribution in [0.4, 0.5) is 0 Å². The fourth-order valence-corrected chi connectivity index (χ4v) is 1.18. The van der Waals surface area contributed by atoms with E-state index in [4.69, 9.17) is 0 Å². The molecular formula is C8H16S. The molecule has 0 atom stereocenters. The van der Waals surface area contributed by atoms with Crippen molar-refractivity contribution in [1.82, 2.24) is 0 Å². The summed E-state index contributed by atoms with van der Waals surface area (Å²) < 4.78 is 0.416. The fourth-order valence-electron chi connectivity index (χ4n) is 0.394. The zero-order valence-electron chi connectivity index (χ0n) is 6.77. The monoisotopic (exact) mass is 144 g/mol. The zero-order chi connectivity index (χ0) is 7.33. The third kappa shape index (κ3) is 8.09. The third-order valence-electron chi connectivity index (χ3n) is 0.848. The molecule has 54 valence electrons. The van der Waals surface area contributed by atoms with Crippen molar-refractivity contribution in [2.24, 2.45) is 0 Å². The highest BCUT2D eigenvalue weighted by atomic mass is 32.2. The van der Waals surface area contributed by atoms with Crippen molar-refractivity contribution < 1.29 is 0 Å². The van der Waals surface area contributed by atoms with Crippen molar-refractivity contribution >= 4 is 11.8 Å². The molecule has 0 saturated heterocycles. The lowest BCUT2D eigenvalue weighted by Crippen LogP contribution is -2.07. The Balaban J connectivity index is 3.28. The van der Waals surface area contributed by atoms with Gasteiger partial charge in [0.2, 0.25) is 0 Å². The van der Waals surface area contributed by atoms with Crippen LogP contribution >= 0.6 is 11.8 Å². The first-order chi connectivity index (χ1) is 4.06. The summed E-state index contributed by atoms with van der Waals surface area (Å²) in [5.74, 6) is 1.14. The molecule has 0 N–H and O–H groups in total. The standard InChI is InChI=1S/C8H16S/c1-5-6-7-9-8(2,3)4/h5-6H,7H2,1-4H3/b6-5-. The van der Waals surface area contributed by atoms with Crippen LogP contribution in [0.3, 0.4) is 0 Å². The first-order valence-electron chi connectivity index (χ1n) is 3.31. The van der Waals surface area contributed by atoms with Crippen LogP contribution in [0.25, 0.3) is 0 Å². The number of rotatable bonds is 2. The van der Waals surface area contributed by atoms with E-state index in [1.807, 2.05) is 11.8 Å². The molecule has 0 aliphatic rings. The Morgan fingerprint density at radius 3 is 2.22 bits per heavy atom. The lowest BCUT2D eigenvalue weighted by Gasteiger charge is -2.15. The second kappa shape index (κ2) is 3.99. The molecule has 0 spiro atoms. The van der Waals surface area contributed by atoms with E-state index in [9.17, 15) is 0 Å². The first kappa shape index (κ1) is 9.09. The average molecular weight is 144 g/mol. The van der Waals surface area contributed by atoms with Crippen LogP contribution < -0.4 is 0 Å². The number of allylic oxidation sites excluding steroid dienone is 1. The molecule has 0 fully saturated rings. The molecular weight excluding hydrogens is 128 g/mol. The van der Waals surface area contributed by atoms with Crippen LogP contribution in [0.2, 0.25) is 0 Å². The van der Waals surface area contributed by atoms with Gasteiger partial charge in [-0.15, -0.1) is 0 Å². The van der Waals surface area contributed by atoms with Crippen LogP contribution in [-0.4, -0.2) is 10.5 Å². The van der Waals surface area contributed by atoms with Gasteiger partial charge in [0.25, 0.3) is 0 Å². The van der Waals surface area contributed by atoms with Gasteiger partial charge in [0.05, 0.1) is 0 Å². The molecule has 0 saturated carbocycles. The molecule has 0 aromatic rings. The Morgan fingerprint density at radius 2 is 1.89 bits per heavy atom. The van der Waals surface area contributed by atoms with Gasteiger partial charge in [-0.2, -0.15) is 11.8 Å². The molecule has 0 radical (unpaired) electrons. The Kier molecular flexibility index (Phi) is 4.03. The fraction of sp³-hybridized carbons (Fsp3) is 0.750. The summed E-state index contributed by atoms with van der Waals surface area (Å²) in [6.07, 6.45) is 4.29. The minimum absolute atomic E-state index is 0.416. The van der Waals surface area contributed by atoms with Gasteiger partial charge < -0.3 is 0 Å². The van der Waals surface area contributed by atoms with E-state index in [0.717, 1.165) is 5.75 Å². The molecule has 0 aliphatic heterocycles. The van der Waals surface area contributed by atoms with E-state index < -0.39 is 0 Å². The van der Waals surface area contributed by atoms with Crippen molar-refractivity contribution in [2.75, 3.05) is 5.75 Å². The van der Waals surface area contributed by atoms with Gasteiger partial charge in [-0.1, -0.05) is 32.9 Å². The number of hydrogen-bond acceptors (Lipinski definition) is 1. The number of hydrogen-bond donors (Lipinski definition) is 0. The van der Waals surface area contributed by atoms with Gasteiger partial charge in [0, 0.05) is 10.5 Å². The second-order valence-corrected chi connectivity index (χ2v) is 4.84. The van der Waals surface area contributed by atoms with E-state index >= 15 is 0 Å². The summed E-state index contributed by atoms with van der Waals surface area (Å²) >= 11 is 1.97. The maximum Gasteiger partial charge on any atom is 0.0118 e. The predicted octanol–water partition coefficient (Wildman–Crippen LogP) is 3.09. The molecule has 0 nitrogen and oxygen atoms in total. The minimum Gasteiger partial charge on any atom is -0.152 e. The van der Waals surface area contributed by atoms with E-state index in [2.05, 4.69) is 39.8 Å². The zero-order valence-corrected chi connectivity index (χ0v) is 7.59. The van der Waals surface area contributed by atoms with Gasteiger partial charge >= 0.3 is 0 Å². The normalized spacial score (nSPS) is 12.9. The van der Waals surface area contributed by atoms with Gasteiger partial charge in [0.1, 0.15) is 0 Å². The molecule has 0 amide bonds. The Morgan fingerprint density at radius 1 is 1.33 bits per heavy atom. The van der Waals surface area contributed by atoms with Gasteiger partial charge in [-0.05, 0) is 6.92 Å². The van der Waals surface area contributed by atoms with Crippen molar-refractivity contribution in [3.8, 4) is 0 Å². The molecule has 0 aromatic heterocycles. The maximum absolute atomic E-state index is 2.24. The van der Waals surface area contributed by atoms with E-state index in [1.165, 1.54) is 0 Å². The third-order valence-corrected chi connectivity index (χ3v) is 2.07. The van der Waals surface area contributed by atoms with Crippen LogP contribution in [0.1, 0.15) is 27.7 Å². The average Bonchev–Trinajstić information content (AvgIpc) is 1.63. The SMILES string of the molecule is C/C=C\CSC(C)(C)C. The lowest BCUT2D eigenvalue weighted by atomic mass is 10.3. The van der Waals surface area contributed by atoms with Crippen LogP contribution in [-0.2, 0) is 0 Å². The molecule has 0 unspecified atom stereocenters.